The number of H-pyrrole nitrogens is 1. The molecule has 3 aromatic rings. The Morgan fingerprint density at radius 3 is 2.71 bits per heavy atom. The monoisotopic (exact) mass is 221 g/mol. The number of hydrogen-bond donors (Lipinski definition) is 2. The van der Waals surface area contributed by atoms with Gasteiger partial charge in [0.2, 0.25) is 0 Å². The SMILES string of the molecule is Bc1cccc(-c2nc3ccccc3[nH]2)c1N. The maximum Gasteiger partial charge on any atom is 0.142 e. The molecule has 3 N–H and O–H groups in total. The number of aromatic amines is 1. The van der Waals surface area contributed by atoms with Crippen molar-refractivity contribution in [1.29, 1.82) is 0 Å². The maximum absolute atomic E-state index is 6.08. The van der Waals surface area contributed by atoms with Crippen LogP contribution in [0.4, 0.5) is 5.69 Å². The Kier molecular flexibility index (Phi) is 2.15. The first-order chi connectivity index (χ1) is 8.25. The van der Waals surface area contributed by atoms with Crippen LogP contribution in [0.5, 0.6) is 0 Å². The first-order valence-corrected chi connectivity index (χ1v) is 5.56. The van der Waals surface area contributed by atoms with E-state index in [-0.39, 0.29) is 0 Å². The van der Waals surface area contributed by atoms with E-state index in [1.807, 2.05) is 50.3 Å². The lowest BCUT2D eigenvalue weighted by atomic mass is 9.92. The number of benzene rings is 2. The van der Waals surface area contributed by atoms with Crippen molar-refractivity contribution in [3.8, 4) is 11.4 Å². The van der Waals surface area contributed by atoms with Gasteiger partial charge in [-0.1, -0.05) is 29.7 Å². The molecule has 3 nitrogen and oxygen atoms in total. The summed E-state index contributed by atoms with van der Waals surface area (Å²) >= 11 is 0. The molecule has 3 rings (SSSR count). The van der Waals surface area contributed by atoms with Crippen LogP contribution in [0.25, 0.3) is 22.4 Å². The lowest BCUT2D eigenvalue weighted by molar-refractivity contribution is 1.34. The van der Waals surface area contributed by atoms with Gasteiger partial charge < -0.3 is 10.7 Å². The summed E-state index contributed by atoms with van der Waals surface area (Å²) in [5.41, 5.74) is 10.9. The highest BCUT2D eigenvalue weighted by Crippen LogP contribution is 2.23. The third kappa shape index (κ3) is 1.58. The van der Waals surface area contributed by atoms with E-state index < -0.39 is 0 Å². The van der Waals surface area contributed by atoms with Crippen LogP contribution in [-0.2, 0) is 0 Å². The highest BCUT2D eigenvalue weighted by Gasteiger charge is 2.08. The van der Waals surface area contributed by atoms with E-state index in [0.29, 0.717) is 0 Å². The van der Waals surface area contributed by atoms with Crippen molar-refractivity contribution in [3.63, 3.8) is 0 Å². The largest absolute Gasteiger partial charge is 0.399 e. The van der Waals surface area contributed by atoms with Gasteiger partial charge in [0, 0.05) is 11.3 Å². The Balaban J connectivity index is 2.24. The minimum atomic E-state index is 0.784. The lowest BCUT2D eigenvalue weighted by Crippen LogP contribution is -2.10. The van der Waals surface area contributed by atoms with Crippen LogP contribution in [0, 0.1) is 0 Å². The van der Waals surface area contributed by atoms with Crippen molar-refractivity contribution in [2.45, 2.75) is 0 Å². The smallest absolute Gasteiger partial charge is 0.142 e. The summed E-state index contributed by atoms with van der Waals surface area (Å²) in [5.74, 6) is 0.826. The third-order valence-electron chi connectivity index (χ3n) is 2.97. The van der Waals surface area contributed by atoms with E-state index in [2.05, 4.69) is 9.97 Å². The van der Waals surface area contributed by atoms with Crippen molar-refractivity contribution in [2.75, 3.05) is 5.73 Å². The predicted octanol–water partition coefficient (Wildman–Crippen LogP) is 1.07. The summed E-state index contributed by atoms with van der Waals surface area (Å²) in [6.07, 6.45) is 0. The van der Waals surface area contributed by atoms with Crippen LogP contribution in [0.2, 0.25) is 0 Å². The fraction of sp³-hybridized carbons (Fsp3) is 0. The Hall–Kier alpha value is -2.23. The van der Waals surface area contributed by atoms with Crippen LogP contribution in [0.1, 0.15) is 0 Å². The van der Waals surface area contributed by atoms with Crippen molar-refractivity contribution in [1.82, 2.24) is 9.97 Å². The summed E-state index contributed by atoms with van der Waals surface area (Å²) < 4.78 is 0. The summed E-state index contributed by atoms with van der Waals surface area (Å²) in [6.45, 7) is 0. The van der Waals surface area contributed by atoms with Gasteiger partial charge >= 0.3 is 0 Å². The molecule has 2 aromatic carbocycles. The summed E-state index contributed by atoms with van der Waals surface area (Å²) in [4.78, 5) is 7.84. The van der Waals surface area contributed by atoms with Crippen molar-refractivity contribution in [2.24, 2.45) is 0 Å². The molecule has 0 radical (unpaired) electrons. The molecule has 0 saturated carbocycles. The second-order valence-corrected chi connectivity index (χ2v) is 4.14. The van der Waals surface area contributed by atoms with E-state index >= 15 is 0 Å². The summed E-state index contributed by atoms with van der Waals surface area (Å²) in [5, 5.41) is 0. The predicted molar refractivity (Wildman–Crippen MR) is 74.1 cm³/mol. The van der Waals surface area contributed by atoms with Gasteiger partial charge in [-0.25, -0.2) is 4.98 Å². The van der Waals surface area contributed by atoms with Gasteiger partial charge in [-0.3, -0.25) is 0 Å². The van der Waals surface area contributed by atoms with Crippen molar-refractivity contribution < 1.29 is 0 Å². The Morgan fingerprint density at radius 2 is 1.88 bits per heavy atom. The number of hydrogen-bond acceptors (Lipinski definition) is 2. The molecule has 1 aromatic heterocycles. The van der Waals surface area contributed by atoms with Gasteiger partial charge in [0.05, 0.1) is 11.0 Å². The van der Waals surface area contributed by atoms with E-state index in [1.54, 1.807) is 0 Å². The zero-order valence-electron chi connectivity index (χ0n) is 9.57. The molecule has 0 amide bonds. The number of rotatable bonds is 1. The first-order valence-electron chi connectivity index (χ1n) is 5.56. The molecule has 1 heterocycles. The minimum Gasteiger partial charge on any atom is -0.399 e. The number of aromatic nitrogens is 2. The van der Waals surface area contributed by atoms with E-state index in [1.165, 1.54) is 0 Å². The average molecular weight is 221 g/mol. The molecule has 0 unspecified atom stereocenters. The molecule has 0 aliphatic rings. The topological polar surface area (TPSA) is 54.7 Å². The zero-order valence-corrected chi connectivity index (χ0v) is 9.57. The van der Waals surface area contributed by atoms with Crippen molar-refractivity contribution >= 4 is 30.0 Å². The number of fused-ring (bicyclic) bond motifs is 1. The quantitative estimate of drug-likeness (QED) is 0.477. The van der Waals surface area contributed by atoms with Gasteiger partial charge in [-0.2, -0.15) is 0 Å². The van der Waals surface area contributed by atoms with Gasteiger partial charge in [-0.15, -0.1) is 0 Å². The normalized spacial score (nSPS) is 10.8. The fourth-order valence-corrected chi connectivity index (χ4v) is 1.97. The van der Waals surface area contributed by atoms with Crippen LogP contribution in [-0.4, -0.2) is 17.8 Å². The standard InChI is InChI=1S/C13H12BN3/c14-9-5-3-4-8(12(9)15)13-16-10-6-1-2-7-11(10)17-13/h1-7H,14-15H2,(H,16,17). The average Bonchev–Trinajstić information content (AvgIpc) is 2.76. The molecular formula is C13H12BN3. The van der Waals surface area contributed by atoms with Gasteiger partial charge in [0.25, 0.3) is 0 Å². The summed E-state index contributed by atoms with van der Waals surface area (Å²) in [6, 6.07) is 13.9. The Labute approximate surface area is 100 Å². The lowest BCUT2D eigenvalue weighted by Gasteiger charge is -2.05. The molecule has 0 atom stereocenters. The van der Waals surface area contributed by atoms with E-state index in [9.17, 15) is 0 Å². The van der Waals surface area contributed by atoms with Crippen LogP contribution in [0.3, 0.4) is 0 Å². The molecule has 0 saturated heterocycles. The minimum absolute atomic E-state index is 0.784. The summed E-state index contributed by atoms with van der Waals surface area (Å²) in [7, 11) is 2.00. The van der Waals surface area contributed by atoms with Crippen LogP contribution < -0.4 is 11.2 Å². The molecule has 0 aliphatic heterocycles. The zero-order chi connectivity index (χ0) is 11.8. The van der Waals surface area contributed by atoms with E-state index in [0.717, 1.165) is 33.6 Å². The number of nitrogens with zero attached hydrogens (tertiary/aromatic N) is 1. The highest BCUT2D eigenvalue weighted by molar-refractivity contribution is 6.36. The van der Waals surface area contributed by atoms with Crippen molar-refractivity contribution in [3.05, 3.63) is 42.5 Å². The van der Waals surface area contributed by atoms with Crippen LogP contribution >= 0.6 is 0 Å². The third-order valence-corrected chi connectivity index (χ3v) is 2.97. The molecule has 0 fully saturated rings. The first kappa shape index (κ1) is 9.96. The van der Waals surface area contributed by atoms with E-state index in [4.69, 9.17) is 5.73 Å². The number of nitrogen functional groups attached to an aromatic ring is 1. The second-order valence-electron chi connectivity index (χ2n) is 4.14. The number of nitrogens with two attached hydrogens (primary N) is 1. The molecule has 0 spiro atoms. The molecule has 0 bridgehead atoms. The van der Waals surface area contributed by atoms with Gasteiger partial charge in [-0.05, 0) is 18.2 Å². The molecule has 4 heteroatoms. The molecule has 82 valence electrons. The molecule has 0 aliphatic carbocycles. The Bertz CT molecular complexity index is 655. The number of nitrogens with one attached hydrogen (secondary N) is 1. The van der Waals surface area contributed by atoms with Gasteiger partial charge in [0.1, 0.15) is 13.7 Å². The fourth-order valence-electron chi connectivity index (χ4n) is 1.97. The molecule has 17 heavy (non-hydrogen) atoms. The van der Waals surface area contributed by atoms with Crippen LogP contribution in [0.15, 0.2) is 42.5 Å². The maximum atomic E-state index is 6.08. The van der Waals surface area contributed by atoms with Gasteiger partial charge in [0.15, 0.2) is 0 Å². The molecular weight excluding hydrogens is 209 g/mol. The number of anilines is 1. The Morgan fingerprint density at radius 1 is 1.06 bits per heavy atom. The second kappa shape index (κ2) is 3.66. The number of imidazole rings is 1. The highest BCUT2D eigenvalue weighted by atomic mass is 14.9. The number of para-hydroxylation sites is 3.